The highest BCUT2D eigenvalue weighted by molar-refractivity contribution is 14.1. The van der Waals surface area contributed by atoms with Gasteiger partial charge in [-0.15, -0.1) is 0 Å². The van der Waals surface area contributed by atoms with Crippen molar-refractivity contribution in [1.29, 1.82) is 0 Å². The fourth-order valence-corrected chi connectivity index (χ4v) is 2.88. The molecule has 0 fully saturated rings. The predicted octanol–water partition coefficient (Wildman–Crippen LogP) is 4.65. The van der Waals surface area contributed by atoms with Gasteiger partial charge in [-0.05, 0) is 58.8 Å². The molecule has 2 nitrogen and oxygen atoms in total. The minimum absolute atomic E-state index is 0.697. The van der Waals surface area contributed by atoms with Crippen LogP contribution in [-0.2, 0) is 6.54 Å². The quantitative estimate of drug-likeness (QED) is 0.590. The largest absolute Gasteiger partial charge is 0.260 e. The molecule has 0 spiro atoms. The predicted molar refractivity (Wildman–Crippen MR) is 87.7 cm³/mol. The summed E-state index contributed by atoms with van der Waals surface area (Å²) in [6, 6.07) is 12.5. The van der Waals surface area contributed by atoms with E-state index >= 15 is 0 Å². The van der Waals surface area contributed by atoms with Crippen molar-refractivity contribution in [3.63, 3.8) is 0 Å². The number of benzene rings is 2. The molecule has 1 heterocycles. The molecule has 3 rings (SSSR count). The van der Waals surface area contributed by atoms with Crippen molar-refractivity contribution >= 4 is 45.1 Å². The summed E-state index contributed by atoms with van der Waals surface area (Å²) in [5, 5.41) is 6.41. The van der Waals surface area contributed by atoms with Gasteiger partial charge in [0.15, 0.2) is 0 Å². The highest BCUT2D eigenvalue weighted by atomic mass is 127. The van der Waals surface area contributed by atoms with Crippen molar-refractivity contribution in [1.82, 2.24) is 9.78 Å². The van der Waals surface area contributed by atoms with Gasteiger partial charge in [0.2, 0.25) is 0 Å². The van der Waals surface area contributed by atoms with E-state index in [1.165, 1.54) is 9.13 Å². The van der Waals surface area contributed by atoms with E-state index in [9.17, 15) is 0 Å². The smallest absolute Gasteiger partial charge is 0.0696 e. The van der Waals surface area contributed by atoms with Crippen molar-refractivity contribution in [3.05, 3.63) is 62.3 Å². The van der Waals surface area contributed by atoms with Gasteiger partial charge in [0.1, 0.15) is 0 Å². The van der Waals surface area contributed by atoms with E-state index in [1.54, 1.807) is 0 Å². The van der Waals surface area contributed by atoms with Gasteiger partial charge in [-0.25, -0.2) is 0 Å². The molecule has 19 heavy (non-hydrogen) atoms. The Balaban J connectivity index is 2.03. The zero-order chi connectivity index (χ0) is 13.4. The molecule has 3 aromatic rings. The van der Waals surface area contributed by atoms with Gasteiger partial charge in [-0.1, -0.05) is 29.8 Å². The summed E-state index contributed by atoms with van der Waals surface area (Å²) >= 11 is 8.60. The van der Waals surface area contributed by atoms with Gasteiger partial charge in [0, 0.05) is 14.0 Å². The van der Waals surface area contributed by atoms with Crippen LogP contribution in [0.2, 0.25) is 5.02 Å². The Hall–Kier alpha value is -1.07. The number of nitrogens with zero attached hydrogens (tertiary/aromatic N) is 2. The number of halogens is 2. The third-order valence-electron chi connectivity index (χ3n) is 3.14. The second kappa shape index (κ2) is 5.13. The van der Waals surface area contributed by atoms with Crippen LogP contribution in [0.15, 0.2) is 42.6 Å². The van der Waals surface area contributed by atoms with Crippen LogP contribution < -0.4 is 0 Å². The molecule has 4 heteroatoms. The SMILES string of the molecule is Cc1ccc(Cn2ncc3ccc(I)cc32)c(Cl)c1. The van der Waals surface area contributed by atoms with Crippen molar-refractivity contribution < 1.29 is 0 Å². The van der Waals surface area contributed by atoms with E-state index in [-0.39, 0.29) is 0 Å². The molecule has 0 N–H and O–H groups in total. The highest BCUT2D eigenvalue weighted by Gasteiger charge is 2.06. The van der Waals surface area contributed by atoms with Crippen molar-refractivity contribution in [2.45, 2.75) is 13.5 Å². The Morgan fingerprint density at radius 1 is 1.21 bits per heavy atom. The molecule has 0 aliphatic carbocycles. The summed E-state index contributed by atoms with van der Waals surface area (Å²) in [5.41, 5.74) is 3.41. The molecular formula is C15H12ClIN2. The number of aryl methyl sites for hydroxylation is 1. The average molecular weight is 383 g/mol. The Kier molecular flexibility index (Phi) is 3.50. The molecule has 2 aromatic carbocycles. The van der Waals surface area contributed by atoms with E-state index in [0.29, 0.717) is 6.54 Å². The van der Waals surface area contributed by atoms with E-state index in [0.717, 1.165) is 21.5 Å². The topological polar surface area (TPSA) is 17.8 Å². The first kappa shape index (κ1) is 12.9. The summed E-state index contributed by atoms with van der Waals surface area (Å²) in [7, 11) is 0. The molecule has 0 aliphatic heterocycles. The molecule has 0 aliphatic rings. The maximum atomic E-state index is 6.29. The van der Waals surface area contributed by atoms with Gasteiger partial charge in [-0.2, -0.15) is 5.10 Å². The van der Waals surface area contributed by atoms with Crippen molar-refractivity contribution in [3.8, 4) is 0 Å². The van der Waals surface area contributed by atoms with Crippen LogP contribution in [-0.4, -0.2) is 9.78 Å². The van der Waals surface area contributed by atoms with Crippen LogP contribution in [0, 0.1) is 10.5 Å². The van der Waals surface area contributed by atoms with Gasteiger partial charge in [0.05, 0.1) is 18.3 Å². The van der Waals surface area contributed by atoms with E-state index in [4.69, 9.17) is 11.6 Å². The lowest BCUT2D eigenvalue weighted by molar-refractivity contribution is 0.712. The highest BCUT2D eigenvalue weighted by Crippen LogP contribution is 2.22. The first-order valence-electron chi connectivity index (χ1n) is 5.99. The fraction of sp³-hybridized carbons (Fsp3) is 0.133. The lowest BCUT2D eigenvalue weighted by Gasteiger charge is -2.07. The lowest BCUT2D eigenvalue weighted by Crippen LogP contribution is -2.02. The number of fused-ring (bicyclic) bond motifs is 1. The van der Waals surface area contributed by atoms with Crippen molar-refractivity contribution in [2.24, 2.45) is 0 Å². The molecular weight excluding hydrogens is 371 g/mol. The monoisotopic (exact) mass is 382 g/mol. The average Bonchev–Trinajstić information content (AvgIpc) is 2.75. The molecule has 0 saturated carbocycles. The first-order chi connectivity index (χ1) is 9.13. The van der Waals surface area contributed by atoms with Crippen LogP contribution in [0.4, 0.5) is 0 Å². The van der Waals surface area contributed by atoms with Gasteiger partial charge < -0.3 is 0 Å². The van der Waals surface area contributed by atoms with Crippen LogP contribution in [0.3, 0.4) is 0 Å². The zero-order valence-electron chi connectivity index (χ0n) is 10.4. The maximum absolute atomic E-state index is 6.29. The minimum Gasteiger partial charge on any atom is -0.260 e. The second-order valence-corrected chi connectivity index (χ2v) is 6.25. The fourth-order valence-electron chi connectivity index (χ4n) is 2.11. The van der Waals surface area contributed by atoms with Gasteiger partial charge >= 0.3 is 0 Å². The van der Waals surface area contributed by atoms with Gasteiger partial charge in [-0.3, -0.25) is 4.68 Å². The molecule has 0 amide bonds. The lowest BCUT2D eigenvalue weighted by atomic mass is 10.1. The third kappa shape index (κ3) is 2.62. The van der Waals surface area contributed by atoms with Gasteiger partial charge in [0.25, 0.3) is 0 Å². The molecule has 0 radical (unpaired) electrons. The molecule has 0 atom stereocenters. The van der Waals surface area contributed by atoms with Crippen LogP contribution >= 0.6 is 34.2 Å². The van der Waals surface area contributed by atoms with E-state index in [2.05, 4.69) is 58.0 Å². The normalized spacial score (nSPS) is 11.1. The summed E-state index contributed by atoms with van der Waals surface area (Å²) in [5.74, 6) is 0. The van der Waals surface area contributed by atoms with E-state index < -0.39 is 0 Å². The van der Waals surface area contributed by atoms with Crippen molar-refractivity contribution in [2.75, 3.05) is 0 Å². The number of hydrogen-bond acceptors (Lipinski definition) is 1. The van der Waals surface area contributed by atoms with Crippen LogP contribution in [0.1, 0.15) is 11.1 Å². The summed E-state index contributed by atoms with van der Waals surface area (Å²) in [4.78, 5) is 0. The molecule has 96 valence electrons. The second-order valence-electron chi connectivity index (χ2n) is 4.60. The first-order valence-corrected chi connectivity index (χ1v) is 7.45. The Morgan fingerprint density at radius 2 is 2.05 bits per heavy atom. The summed E-state index contributed by atoms with van der Waals surface area (Å²) < 4.78 is 3.20. The molecule has 0 unspecified atom stereocenters. The number of rotatable bonds is 2. The van der Waals surface area contributed by atoms with Crippen LogP contribution in [0.5, 0.6) is 0 Å². The number of aromatic nitrogens is 2. The minimum atomic E-state index is 0.697. The summed E-state index contributed by atoms with van der Waals surface area (Å²) in [6.45, 7) is 2.74. The van der Waals surface area contributed by atoms with E-state index in [1.807, 2.05) is 23.9 Å². The third-order valence-corrected chi connectivity index (χ3v) is 4.16. The molecule has 0 bridgehead atoms. The Bertz CT molecular complexity index is 749. The molecule has 0 saturated heterocycles. The zero-order valence-corrected chi connectivity index (χ0v) is 13.3. The number of hydrogen-bond donors (Lipinski definition) is 0. The summed E-state index contributed by atoms with van der Waals surface area (Å²) in [6.07, 6.45) is 1.90. The standard InChI is InChI=1S/C15H12ClIN2/c1-10-2-3-12(14(16)6-10)9-19-15-7-13(17)5-4-11(15)8-18-19/h2-8H,9H2,1H3. The maximum Gasteiger partial charge on any atom is 0.0696 e. The molecule has 1 aromatic heterocycles. The Labute approximate surface area is 130 Å². The van der Waals surface area contributed by atoms with Crippen LogP contribution in [0.25, 0.3) is 10.9 Å². The Morgan fingerprint density at radius 3 is 2.84 bits per heavy atom.